The molecule has 0 aliphatic heterocycles. The van der Waals surface area contributed by atoms with Crippen LogP contribution in [0.1, 0.15) is 42.5 Å². The maximum atomic E-state index is 12.8. The fourth-order valence-electron chi connectivity index (χ4n) is 4.22. The van der Waals surface area contributed by atoms with Crippen molar-refractivity contribution < 1.29 is 13.2 Å². The molecule has 0 saturated heterocycles. The van der Waals surface area contributed by atoms with Gasteiger partial charge in [-0.05, 0) is 67.9 Å². The molecule has 186 valence electrons. The maximum absolute atomic E-state index is 12.8. The van der Waals surface area contributed by atoms with Gasteiger partial charge in [0, 0.05) is 30.7 Å². The lowest BCUT2D eigenvalue weighted by molar-refractivity contribution is 0.406. The van der Waals surface area contributed by atoms with Crippen LogP contribution in [-0.2, 0) is 28.4 Å². The Kier molecular flexibility index (Phi) is 8.20. The lowest BCUT2D eigenvalue weighted by atomic mass is 9.92. The predicted molar refractivity (Wildman–Crippen MR) is 136 cm³/mol. The van der Waals surface area contributed by atoms with E-state index in [2.05, 4.69) is 20.3 Å². The summed E-state index contributed by atoms with van der Waals surface area (Å²) in [6.45, 7) is 0. The van der Waals surface area contributed by atoms with Crippen molar-refractivity contribution >= 4 is 27.4 Å². The van der Waals surface area contributed by atoms with E-state index in [1.807, 2.05) is 12.4 Å². The summed E-state index contributed by atoms with van der Waals surface area (Å²) < 4.78 is 31.1. The fourth-order valence-corrected chi connectivity index (χ4v) is 6.11. The number of nitrogens with zero attached hydrogens (tertiary/aromatic N) is 3. The van der Waals surface area contributed by atoms with E-state index in [-0.39, 0.29) is 15.7 Å². The third kappa shape index (κ3) is 6.68. The third-order valence-electron chi connectivity index (χ3n) is 6.20. The third-order valence-corrected chi connectivity index (χ3v) is 8.38. The first kappa shape index (κ1) is 25.3. The largest absolute Gasteiger partial charge is 0.495 e. The zero-order valence-electron chi connectivity index (χ0n) is 19.7. The summed E-state index contributed by atoms with van der Waals surface area (Å²) in [5, 5.41) is 3.60. The van der Waals surface area contributed by atoms with Crippen LogP contribution in [0.2, 0.25) is 5.02 Å². The van der Waals surface area contributed by atoms with Gasteiger partial charge in [-0.2, -0.15) is 0 Å². The van der Waals surface area contributed by atoms with Gasteiger partial charge in [0.1, 0.15) is 5.75 Å². The molecular formula is C25H30ClN5O3S. The van der Waals surface area contributed by atoms with E-state index in [4.69, 9.17) is 22.1 Å². The number of ether oxygens (including phenoxy) is 1. The first-order chi connectivity index (χ1) is 16.8. The maximum Gasteiger partial charge on any atom is 0.222 e. The second-order valence-corrected chi connectivity index (χ2v) is 11.2. The van der Waals surface area contributed by atoms with Gasteiger partial charge in [0.05, 0.1) is 28.5 Å². The van der Waals surface area contributed by atoms with Crippen LogP contribution in [0.25, 0.3) is 0 Å². The Morgan fingerprint density at radius 3 is 2.40 bits per heavy atom. The van der Waals surface area contributed by atoms with Gasteiger partial charge in [0.2, 0.25) is 5.95 Å². The van der Waals surface area contributed by atoms with Crippen LogP contribution in [-0.4, -0.2) is 42.6 Å². The van der Waals surface area contributed by atoms with Crippen LogP contribution in [0.4, 0.5) is 5.95 Å². The molecule has 1 aromatic carbocycles. The highest BCUT2D eigenvalue weighted by atomic mass is 35.5. The molecular weight excluding hydrogens is 486 g/mol. The molecule has 10 heteroatoms. The van der Waals surface area contributed by atoms with Crippen LogP contribution in [0.5, 0.6) is 5.75 Å². The van der Waals surface area contributed by atoms with E-state index in [0.717, 1.165) is 36.9 Å². The van der Waals surface area contributed by atoms with E-state index >= 15 is 0 Å². The first-order valence-corrected chi connectivity index (χ1v) is 13.7. The molecule has 1 fully saturated rings. The van der Waals surface area contributed by atoms with E-state index in [0.29, 0.717) is 42.2 Å². The standard InChI is InChI=1S/C25H30ClN5O3S/c1-34-23-12-18(16-35(32,33)24-5-3-2-4-21(24)26)15-28-22(23)11-6-17-13-29-25(30-14-17)31-20-9-7-19(27)8-10-20/h2-5,12-15,19-20H,6-11,16,27H2,1H3,(H,29,30,31). The highest BCUT2D eigenvalue weighted by molar-refractivity contribution is 7.90. The van der Waals surface area contributed by atoms with Gasteiger partial charge in [-0.3, -0.25) is 4.98 Å². The summed E-state index contributed by atoms with van der Waals surface area (Å²) in [5.41, 5.74) is 8.23. The number of benzene rings is 1. The van der Waals surface area contributed by atoms with Crippen molar-refractivity contribution in [2.24, 2.45) is 5.73 Å². The van der Waals surface area contributed by atoms with Gasteiger partial charge < -0.3 is 15.8 Å². The molecule has 0 spiro atoms. The minimum absolute atomic E-state index is 0.106. The Morgan fingerprint density at radius 2 is 1.71 bits per heavy atom. The lowest BCUT2D eigenvalue weighted by Crippen LogP contribution is -2.33. The molecule has 0 amide bonds. The number of anilines is 1. The molecule has 3 N–H and O–H groups in total. The summed E-state index contributed by atoms with van der Waals surface area (Å²) in [6, 6.07) is 8.81. The van der Waals surface area contributed by atoms with Crippen molar-refractivity contribution in [3.63, 3.8) is 0 Å². The molecule has 3 aromatic rings. The van der Waals surface area contributed by atoms with E-state index in [1.54, 1.807) is 37.6 Å². The highest BCUT2D eigenvalue weighted by Crippen LogP contribution is 2.26. The van der Waals surface area contributed by atoms with Crippen molar-refractivity contribution in [3.05, 3.63) is 70.8 Å². The Morgan fingerprint density at radius 1 is 1.03 bits per heavy atom. The van der Waals surface area contributed by atoms with Gasteiger partial charge in [-0.1, -0.05) is 23.7 Å². The van der Waals surface area contributed by atoms with E-state index in [1.165, 1.54) is 6.07 Å². The summed E-state index contributed by atoms with van der Waals surface area (Å²) in [7, 11) is -2.06. The van der Waals surface area contributed by atoms with Gasteiger partial charge in [0.25, 0.3) is 0 Å². The number of rotatable bonds is 9. The average molecular weight is 516 g/mol. The first-order valence-electron chi connectivity index (χ1n) is 11.7. The zero-order valence-corrected chi connectivity index (χ0v) is 21.2. The van der Waals surface area contributed by atoms with Crippen LogP contribution in [0, 0.1) is 0 Å². The van der Waals surface area contributed by atoms with Crippen molar-refractivity contribution in [1.29, 1.82) is 0 Å². The predicted octanol–water partition coefficient (Wildman–Crippen LogP) is 3.97. The number of halogens is 1. The summed E-state index contributed by atoms with van der Waals surface area (Å²) in [5.74, 6) is 0.968. The average Bonchev–Trinajstić information content (AvgIpc) is 2.85. The minimum atomic E-state index is -3.61. The molecule has 2 heterocycles. The highest BCUT2D eigenvalue weighted by Gasteiger charge is 2.20. The molecule has 1 aliphatic rings. The molecule has 4 rings (SSSR count). The van der Waals surface area contributed by atoms with Gasteiger partial charge in [-0.25, -0.2) is 18.4 Å². The molecule has 1 aliphatic carbocycles. The topological polar surface area (TPSA) is 120 Å². The molecule has 2 aromatic heterocycles. The Bertz CT molecular complexity index is 1250. The molecule has 0 unspecified atom stereocenters. The number of hydrogen-bond donors (Lipinski definition) is 2. The van der Waals surface area contributed by atoms with Gasteiger partial charge >= 0.3 is 0 Å². The van der Waals surface area contributed by atoms with Crippen molar-refractivity contribution in [2.45, 2.75) is 61.3 Å². The number of nitrogens with one attached hydrogen (secondary N) is 1. The van der Waals surface area contributed by atoms with Gasteiger partial charge in [-0.15, -0.1) is 0 Å². The Hall–Kier alpha value is -2.75. The van der Waals surface area contributed by atoms with Crippen molar-refractivity contribution in [3.8, 4) is 5.75 Å². The smallest absolute Gasteiger partial charge is 0.222 e. The fraction of sp³-hybridized carbons (Fsp3) is 0.400. The van der Waals surface area contributed by atoms with Crippen LogP contribution >= 0.6 is 11.6 Å². The number of pyridine rings is 1. The van der Waals surface area contributed by atoms with Crippen LogP contribution in [0.15, 0.2) is 53.8 Å². The van der Waals surface area contributed by atoms with Crippen LogP contribution < -0.4 is 15.8 Å². The number of aromatic nitrogens is 3. The SMILES string of the molecule is COc1cc(CS(=O)(=O)c2ccccc2Cl)cnc1CCc1cnc(NC2CCC(N)CC2)nc1. The number of nitrogens with two attached hydrogens (primary N) is 1. The van der Waals surface area contributed by atoms with Crippen molar-refractivity contribution in [1.82, 2.24) is 15.0 Å². The van der Waals surface area contributed by atoms with Gasteiger partial charge in [0.15, 0.2) is 9.84 Å². The number of sulfone groups is 1. The normalized spacial score (nSPS) is 18.3. The summed E-state index contributed by atoms with van der Waals surface area (Å²) in [4.78, 5) is 13.5. The second kappa shape index (κ2) is 11.3. The van der Waals surface area contributed by atoms with E-state index < -0.39 is 9.84 Å². The van der Waals surface area contributed by atoms with E-state index in [9.17, 15) is 8.42 Å². The Balaban J connectivity index is 1.37. The summed E-state index contributed by atoms with van der Waals surface area (Å²) >= 11 is 6.08. The molecule has 0 radical (unpaired) electrons. The quantitative estimate of drug-likeness (QED) is 0.439. The molecule has 0 atom stereocenters. The van der Waals surface area contributed by atoms with Crippen LogP contribution in [0.3, 0.4) is 0 Å². The molecule has 35 heavy (non-hydrogen) atoms. The second-order valence-electron chi connectivity index (χ2n) is 8.85. The number of hydrogen-bond acceptors (Lipinski definition) is 8. The molecule has 8 nitrogen and oxygen atoms in total. The molecule has 0 bridgehead atoms. The monoisotopic (exact) mass is 515 g/mol. The zero-order chi connectivity index (χ0) is 24.8. The number of methoxy groups -OCH3 is 1. The van der Waals surface area contributed by atoms with Crippen molar-refractivity contribution in [2.75, 3.05) is 12.4 Å². The minimum Gasteiger partial charge on any atom is -0.495 e. The number of aryl methyl sites for hydroxylation is 2. The molecule has 1 saturated carbocycles. The summed E-state index contributed by atoms with van der Waals surface area (Å²) in [6.07, 6.45) is 10.6. The Labute approximate surface area is 211 Å². The lowest BCUT2D eigenvalue weighted by Gasteiger charge is -2.26.